The Hall–Kier alpha value is -0.120. The smallest absolute Gasteiger partial charge is 0.0671 e. The molecule has 0 saturated carbocycles. The van der Waals surface area contributed by atoms with Crippen LogP contribution in [0.25, 0.3) is 0 Å². The minimum Gasteiger partial charge on any atom is -0.378 e. The summed E-state index contributed by atoms with van der Waals surface area (Å²) in [7, 11) is 0. The first-order valence-electron chi connectivity index (χ1n) is 5.77. The van der Waals surface area contributed by atoms with Gasteiger partial charge in [-0.1, -0.05) is 0 Å². The van der Waals surface area contributed by atoms with E-state index in [1.165, 1.54) is 12.8 Å². The lowest BCUT2D eigenvalue weighted by Crippen LogP contribution is -2.29. The fourth-order valence-electron chi connectivity index (χ4n) is 1.78. The highest BCUT2D eigenvalue weighted by atomic mass is 16.5. The van der Waals surface area contributed by atoms with Gasteiger partial charge in [0.2, 0.25) is 0 Å². The Bertz CT molecular complexity index is 135. The van der Waals surface area contributed by atoms with Gasteiger partial charge in [0.25, 0.3) is 0 Å². The minimum atomic E-state index is 0.324. The van der Waals surface area contributed by atoms with E-state index in [-0.39, 0.29) is 0 Å². The Kier molecular flexibility index (Phi) is 6.15. The van der Waals surface area contributed by atoms with Crippen molar-refractivity contribution >= 4 is 0 Å². The highest BCUT2D eigenvalue weighted by molar-refractivity contribution is 4.66. The number of hydrogen-bond acceptors (Lipinski definition) is 3. The third-order valence-electron chi connectivity index (χ3n) is 2.55. The van der Waals surface area contributed by atoms with Crippen molar-refractivity contribution in [3.63, 3.8) is 0 Å². The van der Waals surface area contributed by atoms with Crippen molar-refractivity contribution in [2.24, 2.45) is 0 Å². The zero-order chi connectivity index (χ0) is 10.2. The van der Waals surface area contributed by atoms with Gasteiger partial charge in [-0.3, -0.25) is 0 Å². The van der Waals surface area contributed by atoms with Crippen LogP contribution in [0.5, 0.6) is 0 Å². The standard InChI is InChI=1S/C11H23NO2/c1-3-13-10(2)9-12-7-6-11-5-4-8-14-11/h10-12H,3-9H2,1-2H3. The average molecular weight is 201 g/mol. The predicted octanol–water partition coefficient (Wildman–Crippen LogP) is 1.57. The van der Waals surface area contributed by atoms with E-state index in [4.69, 9.17) is 9.47 Å². The summed E-state index contributed by atoms with van der Waals surface area (Å²) in [4.78, 5) is 0. The number of rotatable bonds is 7. The zero-order valence-corrected chi connectivity index (χ0v) is 9.42. The SMILES string of the molecule is CCOC(C)CNCCC1CCCO1. The summed E-state index contributed by atoms with van der Waals surface area (Å²) in [6, 6.07) is 0. The maximum absolute atomic E-state index is 5.54. The molecule has 1 heterocycles. The number of nitrogens with one attached hydrogen (secondary N) is 1. The van der Waals surface area contributed by atoms with Crippen LogP contribution < -0.4 is 5.32 Å². The lowest BCUT2D eigenvalue weighted by molar-refractivity contribution is 0.0730. The molecule has 14 heavy (non-hydrogen) atoms. The summed E-state index contributed by atoms with van der Waals surface area (Å²) in [6.45, 7) is 7.88. The van der Waals surface area contributed by atoms with Crippen molar-refractivity contribution in [3.05, 3.63) is 0 Å². The van der Waals surface area contributed by atoms with Crippen LogP contribution in [0.4, 0.5) is 0 Å². The fraction of sp³-hybridized carbons (Fsp3) is 1.00. The summed E-state index contributed by atoms with van der Waals surface area (Å²) in [6.07, 6.45) is 4.44. The van der Waals surface area contributed by atoms with Gasteiger partial charge in [-0.25, -0.2) is 0 Å². The number of ether oxygens (including phenoxy) is 2. The van der Waals surface area contributed by atoms with Crippen molar-refractivity contribution in [1.29, 1.82) is 0 Å². The van der Waals surface area contributed by atoms with Crippen LogP contribution in [0.1, 0.15) is 33.1 Å². The van der Waals surface area contributed by atoms with E-state index in [9.17, 15) is 0 Å². The van der Waals surface area contributed by atoms with E-state index >= 15 is 0 Å². The maximum Gasteiger partial charge on any atom is 0.0671 e. The Morgan fingerprint density at radius 1 is 1.57 bits per heavy atom. The van der Waals surface area contributed by atoms with Crippen molar-refractivity contribution in [1.82, 2.24) is 5.32 Å². The molecular formula is C11H23NO2. The first-order valence-corrected chi connectivity index (χ1v) is 5.77. The Labute approximate surface area is 87.2 Å². The molecule has 1 N–H and O–H groups in total. The third kappa shape index (κ3) is 4.94. The molecule has 1 rings (SSSR count). The van der Waals surface area contributed by atoms with Crippen LogP contribution in [-0.2, 0) is 9.47 Å². The lowest BCUT2D eigenvalue weighted by atomic mass is 10.2. The highest BCUT2D eigenvalue weighted by Crippen LogP contribution is 2.14. The van der Waals surface area contributed by atoms with E-state index < -0.39 is 0 Å². The summed E-state index contributed by atoms with van der Waals surface area (Å²) >= 11 is 0. The Morgan fingerprint density at radius 3 is 3.07 bits per heavy atom. The van der Waals surface area contributed by atoms with E-state index in [0.717, 1.165) is 32.7 Å². The van der Waals surface area contributed by atoms with Crippen molar-refractivity contribution in [3.8, 4) is 0 Å². The number of hydrogen-bond donors (Lipinski definition) is 1. The largest absolute Gasteiger partial charge is 0.378 e. The second-order valence-corrected chi connectivity index (χ2v) is 3.89. The summed E-state index contributed by atoms with van der Waals surface area (Å²) in [5.41, 5.74) is 0. The van der Waals surface area contributed by atoms with E-state index in [1.54, 1.807) is 0 Å². The van der Waals surface area contributed by atoms with E-state index in [2.05, 4.69) is 12.2 Å². The van der Waals surface area contributed by atoms with Gasteiger partial charge in [0.1, 0.15) is 0 Å². The maximum atomic E-state index is 5.54. The molecule has 1 aliphatic heterocycles. The molecule has 0 spiro atoms. The molecule has 1 aliphatic rings. The van der Waals surface area contributed by atoms with Crippen LogP contribution in [0.15, 0.2) is 0 Å². The van der Waals surface area contributed by atoms with Crippen LogP contribution in [-0.4, -0.2) is 38.5 Å². The molecule has 0 aromatic heterocycles. The van der Waals surface area contributed by atoms with Gasteiger partial charge < -0.3 is 14.8 Å². The van der Waals surface area contributed by atoms with E-state index in [0.29, 0.717) is 12.2 Å². The first kappa shape index (κ1) is 12.0. The Morgan fingerprint density at radius 2 is 2.43 bits per heavy atom. The first-order chi connectivity index (χ1) is 6.83. The molecule has 0 radical (unpaired) electrons. The molecule has 0 aliphatic carbocycles. The summed E-state index contributed by atoms with van der Waals surface area (Å²) in [5, 5.41) is 3.39. The third-order valence-corrected chi connectivity index (χ3v) is 2.55. The minimum absolute atomic E-state index is 0.324. The molecule has 0 amide bonds. The normalized spacial score (nSPS) is 24.0. The quantitative estimate of drug-likeness (QED) is 0.634. The summed E-state index contributed by atoms with van der Waals surface area (Å²) < 4.78 is 11.0. The van der Waals surface area contributed by atoms with Gasteiger partial charge in [0.05, 0.1) is 12.2 Å². The molecule has 2 atom stereocenters. The van der Waals surface area contributed by atoms with Gasteiger partial charge in [-0.2, -0.15) is 0 Å². The average Bonchev–Trinajstić information content (AvgIpc) is 2.65. The molecule has 1 saturated heterocycles. The zero-order valence-electron chi connectivity index (χ0n) is 9.42. The van der Waals surface area contributed by atoms with Crippen LogP contribution in [0.3, 0.4) is 0 Å². The molecule has 0 aromatic rings. The second-order valence-electron chi connectivity index (χ2n) is 3.89. The van der Waals surface area contributed by atoms with Gasteiger partial charge >= 0.3 is 0 Å². The van der Waals surface area contributed by atoms with Crippen LogP contribution in [0, 0.1) is 0 Å². The lowest BCUT2D eigenvalue weighted by Gasteiger charge is -2.14. The highest BCUT2D eigenvalue weighted by Gasteiger charge is 2.14. The molecule has 3 heteroatoms. The van der Waals surface area contributed by atoms with Crippen molar-refractivity contribution in [2.45, 2.75) is 45.3 Å². The van der Waals surface area contributed by atoms with Crippen molar-refractivity contribution < 1.29 is 9.47 Å². The van der Waals surface area contributed by atoms with Crippen LogP contribution >= 0.6 is 0 Å². The molecule has 1 fully saturated rings. The van der Waals surface area contributed by atoms with Gasteiger partial charge in [-0.15, -0.1) is 0 Å². The van der Waals surface area contributed by atoms with Crippen molar-refractivity contribution in [2.75, 3.05) is 26.3 Å². The van der Waals surface area contributed by atoms with Gasteiger partial charge in [0, 0.05) is 19.8 Å². The van der Waals surface area contributed by atoms with Gasteiger partial charge in [-0.05, 0) is 39.7 Å². The second kappa shape index (κ2) is 7.21. The molecule has 84 valence electrons. The predicted molar refractivity (Wildman–Crippen MR) is 57.5 cm³/mol. The molecular weight excluding hydrogens is 178 g/mol. The topological polar surface area (TPSA) is 30.5 Å². The molecule has 2 unspecified atom stereocenters. The van der Waals surface area contributed by atoms with E-state index in [1.807, 2.05) is 6.92 Å². The Balaban J connectivity index is 1.88. The fourth-order valence-corrected chi connectivity index (χ4v) is 1.78. The van der Waals surface area contributed by atoms with Crippen LogP contribution in [0.2, 0.25) is 0 Å². The molecule has 3 nitrogen and oxygen atoms in total. The molecule has 0 aromatic carbocycles. The summed E-state index contributed by atoms with van der Waals surface area (Å²) in [5.74, 6) is 0. The monoisotopic (exact) mass is 201 g/mol. The van der Waals surface area contributed by atoms with Gasteiger partial charge in [0.15, 0.2) is 0 Å². The molecule has 0 bridgehead atoms.